The van der Waals surface area contributed by atoms with Crippen LogP contribution in [0.5, 0.6) is 0 Å². The van der Waals surface area contributed by atoms with E-state index in [1.807, 2.05) is 0 Å². The minimum atomic E-state index is -0.116. The second-order valence-corrected chi connectivity index (χ2v) is 11.8. The molecule has 6 rings (SSSR count). The van der Waals surface area contributed by atoms with Crippen LogP contribution in [0.3, 0.4) is 0 Å². The van der Waals surface area contributed by atoms with Gasteiger partial charge < -0.3 is 9.57 Å². The van der Waals surface area contributed by atoms with Crippen molar-refractivity contribution < 1.29 is 14.4 Å². The summed E-state index contributed by atoms with van der Waals surface area (Å²) < 4.78 is 5.85. The van der Waals surface area contributed by atoms with Gasteiger partial charge in [0.25, 0.3) is 0 Å². The predicted molar refractivity (Wildman–Crippen MR) is 124 cm³/mol. The molecular formula is C28H37NO3. The minimum Gasteiger partial charge on any atom is -0.462 e. The summed E-state index contributed by atoms with van der Waals surface area (Å²) in [5, 5.41) is 4.71. The monoisotopic (exact) mass is 435 g/mol. The third-order valence-corrected chi connectivity index (χ3v) is 10.7. The maximum Gasteiger partial charge on any atom is 0.302 e. The van der Waals surface area contributed by atoms with Crippen LogP contribution in [0, 0.1) is 40.4 Å². The molecular weight excluding hydrogens is 398 g/mol. The second-order valence-electron chi connectivity index (χ2n) is 11.8. The zero-order valence-electron chi connectivity index (χ0n) is 19.8. The Morgan fingerprint density at radius 3 is 2.56 bits per heavy atom. The summed E-state index contributed by atoms with van der Waals surface area (Å²) in [6.45, 7) is 6.53. The third kappa shape index (κ3) is 2.80. The zero-order chi connectivity index (χ0) is 22.1. The Hall–Kier alpha value is -1.84. The molecule has 32 heavy (non-hydrogen) atoms. The number of nitrogens with zero attached hydrogens (tertiary/aromatic N) is 1. The molecule has 0 radical (unpaired) electrons. The molecule has 1 aromatic carbocycles. The molecule has 172 valence electrons. The van der Waals surface area contributed by atoms with Crippen molar-refractivity contribution in [3.8, 4) is 0 Å². The molecule has 1 aliphatic heterocycles. The highest BCUT2D eigenvalue weighted by molar-refractivity contribution is 6.03. The first-order valence-electron chi connectivity index (χ1n) is 12.9. The average molecular weight is 436 g/mol. The van der Waals surface area contributed by atoms with Crippen LogP contribution in [0.15, 0.2) is 35.5 Å². The number of benzene rings is 1. The van der Waals surface area contributed by atoms with Gasteiger partial charge in [-0.3, -0.25) is 4.79 Å². The number of ether oxygens (including phenoxy) is 1. The van der Waals surface area contributed by atoms with Gasteiger partial charge in [0.15, 0.2) is 0 Å². The maximum atomic E-state index is 11.8. The lowest BCUT2D eigenvalue weighted by Gasteiger charge is -2.61. The highest BCUT2D eigenvalue weighted by Crippen LogP contribution is 2.68. The van der Waals surface area contributed by atoms with Crippen LogP contribution in [0.4, 0.5) is 0 Å². The van der Waals surface area contributed by atoms with E-state index in [1.54, 1.807) is 6.92 Å². The molecule has 5 aliphatic rings. The predicted octanol–water partition coefficient (Wildman–Crippen LogP) is 5.99. The van der Waals surface area contributed by atoms with E-state index < -0.39 is 0 Å². The number of oxime groups is 1. The van der Waals surface area contributed by atoms with Crippen molar-refractivity contribution in [1.82, 2.24) is 0 Å². The van der Waals surface area contributed by atoms with Gasteiger partial charge in [0, 0.05) is 23.7 Å². The molecule has 0 spiro atoms. The van der Waals surface area contributed by atoms with Gasteiger partial charge in [-0.15, -0.1) is 0 Å². The van der Waals surface area contributed by atoms with Crippen molar-refractivity contribution in [1.29, 1.82) is 0 Å². The van der Waals surface area contributed by atoms with Crippen LogP contribution in [-0.4, -0.2) is 23.9 Å². The van der Waals surface area contributed by atoms with Gasteiger partial charge in [-0.2, -0.15) is 0 Å². The molecule has 0 aromatic heterocycles. The Kier molecular flexibility index (Phi) is 4.75. The van der Waals surface area contributed by atoms with Gasteiger partial charge >= 0.3 is 5.97 Å². The SMILES string of the molecule is CC(=O)O[C@H]1CC[C@H]2[C@@H]3CC[C@H]4CC[C@@H]5C(c6ccccc6)=NO[C@@H]5[C@]4(C)[C@H]3CC[C@]12C. The number of rotatable bonds is 2. The summed E-state index contributed by atoms with van der Waals surface area (Å²) in [6, 6.07) is 10.7. The highest BCUT2D eigenvalue weighted by atomic mass is 16.6. The topological polar surface area (TPSA) is 47.9 Å². The third-order valence-electron chi connectivity index (χ3n) is 10.7. The largest absolute Gasteiger partial charge is 0.462 e. The van der Waals surface area contributed by atoms with Crippen molar-refractivity contribution >= 4 is 11.7 Å². The number of carbonyl (C=O) groups excluding carboxylic acids is 1. The van der Waals surface area contributed by atoms with Crippen LogP contribution >= 0.6 is 0 Å². The van der Waals surface area contributed by atoms with E-state index in [9.17, 15) is 4.79 Å². The molecule has 0 amide bonds. The number of hydrogen-bond acceptors (Lipinski definition) is 4. The van der Waals surface area contributed by atoms with Crippen LogP contribution < -0.4 is 0 Å². The first-order chi connectivity index (χ1) is 15.4. The molecule has 0 unspecified atom stereocenters. The van der Waals surface area contributed by atoms with Crippen molar-refractivity contribution in [2.45, 2.75) is 84.3 Å². The molecule has 4 saturated carbocycles. The smallest absolute Gasteiger partial charge is 0.302 e. The van der Waals surface area contributed by atoms with E-state index in [0.29, 0.717) is 17.8 Å². The summed E-state index contributed by atoms with van der Waals surface area (Å²) >= 11 is 0. The summed E-state index contributed by atoms with van der Waals surface area (Å²) in [6.07, 6.45) is 10.1. The fraction of sp³-hybridized carbons (Fsp3) is 0.714. The minimum absolute atomic E-state index is 0.103. The molecule has 9 atom stereocenters. The van der Waals surface area contributed by atoms with Crippen molar-refractivity contribution in [2.75, 3.05) is 0 Å². The fourth-order valence-electron chi connectivity index (χ4n) is 9.20. The first kappa shape index (κ1) is 20.7. The molecule has 1 heterocycles. The van der Waals surface area contributed by atoms with E-state index in [1.165, 1.54) is 56.2 Å². The van der Waals surface area contributed by atoms with Gasteiger partial charge in [0.1, 0.15) is 12.2 Å². The zero-order valence-corrected chi connectivity index (χ0v) is 19.8. The Labute approximate surface area is 192 Å². The van der Waals surface area contributed by atoms with Crippen molar-refractivity contribution in [2.24, 2.45) is 45.6 Å². The molecule has 0 bridgehead atoms. The summed E-state index contributed by atoms with van der Waals surface area (Å²) in [5.74, 6) is 3.12. The quantitative estimate of drug-likeness (QED) is 0.536. The molecule has 4 heteroatoms. The van der Waals surface area contributed by atoms with E-state index in [-0.39, 0.29) is 29.0 Å². The highest BCUT2D eigenvalue weighted by Gasteiger charge is 2.65. The average Bonchev–Trinajstić information content (AvgIpc) is 3.36. The van der Waals surface area contributed by atoms with E-state index >= 15 is 0 Å². The number of hydrogen-bond donors (Lipinski definition) is 0. The lowest BCUT2D eigenvalue weighted by atomic mass is 9.43. The Morgan fingerprint density at radius 1 is 1.00 bits per heavy atom. The molecule has 4 nitrogen and oxygen atoms in total. The van der Waals surface area contributed by atoms with Crippen molar-refractivity contribution in [3.63, 3.8) is 0 Å². The Bertz CT molecular complexity index is 928. The van der Waals surface area contributed by atoms with Gasteiger partial charge in [-0.25, -0.2) is 0 Å². The number of carbonyl (C=O) groups is 1. The lowest BCUT2D eigenvalue weighted by Crippen LogP contribution is -2.60. The standard InChI is InChI=1S/C28H37NO3/c1-17(30)31-24-14-13-22-20-11-9-19-10-12-21-25(18-7-5-4-6-8-18)29-32-26(21)28(19,3)23(20)15-16-27(22,24)2/h4-8,19-24,26H,9-16H2,1-3H3/t19-,20-,21+,22-,23-,24-,26-,27-,28-/m0/s1. The number of fused-ring (bicyclic) bond motifs is 7. The van der Waals surface area contributed by atoms with Crippen LogP contribution in [0.25, 0.3) is 0 Å². The van der Waals surface area contributed by atoms with E-state index in [4.69, 9.17) is 14.7 Å². The Balaban J connectivity index is 1.29. The first-order valence-corrected chi connectivity index (χ1v) is 12.9. The summed E-state index contributed by atoms with van der Waals surface area (Å²) in [7, 11) is 0. The van der Waals surface area contributed by atoms with Gasteiger partial charge in [0.05, 0.1) is 5.71 Å². The van der Waals surface area contributed by atoms with Crippen LogP contribution in [0.1, 0.15) is 77.7 Å². The van der Waals surface area contributed by atoms with Gasteiger partial charge in [-0.1, -0.05) is 49.3 Å². The van der Waals surface area contributed by atoms with E-state index in [2.05, 4.69) is 44.2 Å². The lowest BCUT2D eigenvalue weighted by molar-refractivity contribution is -0.188. The van der Waals surface area contributed by atoms with Gasteiger partial charge in [0.2, 0.25) is 0 Å². The van der Waals surface area contributed by atoms with Crippen LogP contribution in [-0.2, 0) is 14.4 Å². The van der Waals surface area contributed by atoms with E-state index in [0.717, 1.165) is 18.3 Å². The summed E-state index contributed by atoms with van der Waals surface area (Å²) in [5.41, 5.74) is 2.73. The fourth-order valence-corrected chi connectivity index (χ4v) is 9.20. The number of esters is 1. The second kappa shape index (κ2) is 7.33. The molecule has 4 aliphatic carbocycles. The molecule has 0 saturated heterocycles. The van der Waals surface area contributed by atoms with Gasteiger partial charge in [-0.05, 0) is 80.6 Å². The molecule has 4 fully saturated rings. The van der Waals surface area contributed by atoms with Crippen molar-refractivity contribution in [3.05, 3.63) is 35.9 Å². The van der Waals surface area contributed by atoms with Crippen LogP contribution in [0.2, 0.25) is 0 Å². The summed E-state index contributed by atoms with van der Waals surface area (Å²) in [4.78, 5) is 18.1. The molecule has 0 N–H and O–H groups in total. The normalized spacial score (nSPS) is 46.7. The molecule has 1 aromatic rings. The Morgan fingerprint density at radius 2 is 1.78 bits per heavy atom. The maximum absolute atomic E-state index is 11.8.